The fourth-order valence-electron chi connectivity index (χ4n) is 1.55. The molecule has 0 aliphatic carbocycles. The van der Waals surface area contributed by atoms with Crippen molar-refractivity contribution in [3.63, 3.8) is 0 Å². The normalized spacial score (nSPS) is 14.4. The van der Waals surface area contributed by atoms with Gasteiger partial charge in [0.15, 0.2) is 5.75 Å². The number of nitrogens with two attached hydrogens (primary N) is 1. The summed E-state index contributed by atoms with van der Waals surface area (Å²) in [5.41, 5.74) is 5.47. The van der Waals surface area contributed by atoms with Crippen molar-refractivity contribution in [3.05, 3.63) is 27.7 Å². The first kappa shape index (κ1) is 14.1. The second-order valence-corrected chi connectivity index (χ2v) is 4.68. The number of carboxylic acid groups (broad SMARTS) is 1. The number of phenolic OH excluding ortho intramolecular Hbond substituents is 1. The minimum atomic E-state index is -1.05. The second kappa shape index (κ2) is 5.12. The summed E-state index contributed by atoms with van der Waals surface area (Å²) in [5.74, 6) is -1.24. The van der Waals surface area contributed by atoms with Crippen LogP contribution in [0.25, 0.3) is 0 Å². The quantitative estimate of drug-likeness (QED) is 0.790. The SMILES string of the molecule is CCC(N)(CC(=O)O)c1cc(Cl)c(O)c(Cl)c1. The fourth-order valence-corrected chi connectivity index (χ4v) is 2.04. The number of aromatic hydroxyl groups is 1. The number of halogens is 2. The van der Waals surface area contributed by atoms with Crippen LogP contribution in [0.15, 0.2) is 12.1 Å². The largest absolute Gasteiger partial charge is 0.505 e. The van der Waals surface area contributed by atoms with Gasteiger partial charge in [-0.05, 0) is 24.1 Å². The molecule has 1 aromatic rings. The van der Waals surface area contributed by atoms with Crippen molar-refractivity contribution in [2.24, 2.45) is 5.73 Å². The maximum absolute atomic E-state index is 10.8. The number of phenols is 1. The highest BCUT2D eigenvalue weighted by atomic mass is 35.5. The van der Waals surface area contributed by atoms with E-state index in [2.05, 4.69) is 0 Å². The number of rotatable bonds is 4. The van der Waals surface area contributed by atoms with E-state index in [0.717, 1.165) is 0 Å². The van der Waals surface area contributed by atoms with E-state index >= 15 is 0 Å². The predicted octanol–water partition coefficient (Wildman–Crippen LogP) is 2.74. The molecule has 0 aliphatic heterocycles. The van der Waals surface area contributed by atoms with E-state index in [1.165, 1.54) is 12.1 Å². The van der Waals surface area contributed by atoms with Crippen molar-refractivity contribution in [3.8, 4) is 5.75 Å². The zero-order chi connectivity index (χ0) is 13.2. The standard InChI is InChI=1S/C11H13Cl2NO3/c1-2-11(14,5-9(15)16)6-3-7(12)10(17)8(13)4-6/h3-4,17H,2,5,14H2,1H3,(H,15,16). The zero-order valence-electron chi connectivity index (χ0n) is 9.20. The Morgan fingerprint density at radius 3 is 2.24 bits per heavy atom. The molecule has 0 radical (unpaired) electrons. The van der Waals surface area contributed by atoms with Crippen LogP contribution in [-0.2, 0) is 10.3 Å². The van der Waals surface area contributed by atoms with Crippen molar-refractivity contribution in [2.45, 2.75) is 25.3 Å². The van der Waals surface area contributed by atoms with Crippen LogP contribution in [0.3, 0.4) is 0 Å². The van der Waals surface area contributed by atoms with Gasteiger partial charge in [0, 0.05) is 0 Å². The third-order valence-electron chi connectivity index (χ3n) is 2.69. The van der Waals surface area contributed by atoms with Crippen LogP contribution in [0.1, 0.15) is 25.3 Å². The lowest BCUT2D eigenvalue weighted by atomic mass is 9.85. The van der Waals surface area contributed by atoms with Gasteiger partial charge in [-0.15, -0.1) is 0 Å². The number of benzene rings is 1. The Kier molecular flexibility index (Phi) is 4.25. The van der Waals surface area contributed by atoms with Crippen molar-refractivity contribution in [2.75, 3.05) is 0 Å². The van der Waals surface area contributed by atoms with E-state index in [0.29, 0.717) is 12.0 Å². The summed E-state index contributed by atoms with van der Waals surface area (Å²) < 4.78 is 0. The zero-order valence-corrected chi connectivity index (χ0v) is 10.7. The molecule has 0 fully saturated rings. The molecule has 0 saturated heterocycles. The molecular formula is C11H13Cl2NO3. The van der Waals surface area contributed by atoms with Gasteiger partial charge in [-0.1, -0.05) is 30.1 Å². The summed E-state index contributed by atoms with van der Waals surface area (Å²) in [7, 11) is 0. The summed E-state index contributed by atoms with van der Waals surface area (Å²) in [6, 6.07) is 2.88. The number of hydrogen-bond donors (Lipinski definition) is 3. The third-order valence-corrected chi connectivity index (χ3v) is 3.27. The van der Waals surface area contributed by atoms with Gasteiger partial charge in [-0.3, -0.25) is 4.79 Å². The lowest BCUT2D eigenvalue weighted by Gasteiger charge is -2.27. The first-order valence-corrected chi connectivity index (χ1v) is 5.75. The van der Waals surface area contributed by atoms with Crippen LogP contribution in [0.2, 0.25) is 10.0 Å². The van der Waals surface area contributed by atoms with Crippen molar-refractivity contribution in [1.29, 1.82) is 0 Å². The molecule has 4 nitrogen and oxygen atoms in total. The molecule has 1 atom stereocenters. The summed E-state index contributed by atoms with van der Waals surface area (Å²) >= 11 is 11.6. The van der Waals surface area contributed by atoms with Crippen LogP contribution < -0.4 is 5.73 Å². The average molecular weight is 278 g/mol. The van der Waals surface area contributed by atoms with E-state index in [1.807, 2.05) is 0 Å². The molecule has 4 N–H and O–H groups in total. The van der Waals surface area contributed by atoms with E-state index < -0.39 is 11.5 Å². The molecule has 0 bridgehead atoms. The van der Waals surface area contributed by atoms with Crippen molar-refractivity contribution >= 4 is 29.2 Å². The number of carbonyl (C=O) groups is 1. The topological polar surface area (TPSA) is 83.6 Å². The Hall–Kier alpha value is -0.970. The molecule has 1 unspecified atom stereocenters. The Bertz CT molecular complexity index is 427. The van der Waals surface area contributed by atoms with E-state index in [1.54, 1.807) is 6.92 Å². The first-order chi connectivity index (χ1) is 7.80. The number of aliphatic carboxylic acids is 1. The molecule has 1 rings (SSSR count). The molecule has 0 heterocycles. The summed E-state index contributed by atoms with van der Waals surface area (Å²) in [4.78, 5) is 10.8. The highest BCUT2D eigenvalue weighted by molar-refractivity contribution is 6.37. The Balaban J connectivity index is 3.25. The minimum absolute atomic E-state index is 0.0566. The van der Waals surface area contributed by atoms with Gasteiger partial charge in [0.2, 0.25) is 0 Å². The lowest BCUT2D eigenvalue weighted by Crippen LogP contribution is -2.38. The summed E-state index contributed by atoms with van der Waals surface area (Å²) in [5, 5.41) is 18.4. The van der Waals surface area contributed by atoms with Gasteiger partial charge in [0.05, 0.1) is 22.0 Å². The van der Waals surface area contributed by atoms with Crippen LogP contribution in [-0.4, -0.2) is 16.2 Å². The summed E-state index contributed by atoms with van der Waals surface area (Å²) in [6.45, 7) is 1.78. The minimum Gasteiger partial charge on any atom is -0.505 e. The van der Waals surface area contributed by atoms with Crippen LogP contribution >= 0.6 is 23.2 Å². The molecule has 0 aliphatic rings. The molecule has 17 heavy (non-hydrogen) atoms. The Morgan fingerprint density at radius 2 is 1.88 bits per heavy atom. The molecule has 0 aromatic heterocycles. The monoisotopic (exact) mass is 277 g/mol. The van der Waals surface area contributed by atoms with Gasteiger partial charge in [0.25, 0.3) is 0 Å². The van der Waals surface area contributed by atoms with E-state index in [9.17, 15) is 9.90 Å². The summed E-state index contributed by atoms with van der Waals surface area (Å²) in [6.07, 6.45) is 0.178. The second-order valence-electron chi connectivity index (χ2n) is 3.87. The molecule has 1 aromatic carbocycles. The Morgan fingerprint density at radius 1 is 1.41 bits per heavy atom. The maximum atomic E-state index is 10.8. The van der Waals surface area contributed by atoms with Crippen molar-refractivity contribution < 1.29 is 15.0 Å². The first-order valence-electron chi connectivity index (χ1n) is 4.99. The molecule has 0 amide bonds. The number of carboxylic acids is 1. The van der Waals surface area contributed by atoms with Gasteiger partial charge >= 0.3 is 5.97 Å². The average Bonchev–Trinajstić information content (AvgIpc) is 2.24. The third kappa shape index (κ3) is 3.03. The van der Waals surface area contributed by atoms with Gasteiger partial charge < -0.3 is 15.9 Å². The molecular weight excluding hydrogens is 265 g/mol. The molecule has 0 spiro atoms. The Labute approximate surface area is 109 Å². The van der Waals surface area contributed by atoms with Gasteiger partial charge in [0.1, 0.15) is 0 Å². The number of hydrogen-bond acceptors (Lipinski definition) is 3. The fraction of sp³-hybridized carbons (Fsp3) is 0.364. The van der Waals surface area contributed by atoms with Crippen LogP contribution in [0, 0.1) is 0 Å². The molecule has 0 saturated carbocycles. The molecule has 6 heteroatoms. The maximum Gasteiger partial charge on any atom is 0.305 e. The highest BCUT2D eigenvalue weighted by Gasteiger charge is 2.29. The van der Waals surface area contributed by atoms with Crippen LogP contribution in [0.5, 0.6) is 5.75 Å². The smallest absolute Gasteiger partial charge is 0.305 e. The van der Waals surface area contributed by atoms with Gasteiger partial charge in [-0.2, -0.15) is 0 Å². The van der Waals surface area contributed by atoms with E-state index in [-0.39, 0.29) is 22.2 Å². The highest BCUT2D eigenvalue weighted by Crippen LogP contribution is 2.37. The van der Waals surface area contributed by atoms with Gasteiger partial charge in [-0.25, -0.2) is 0 Å². The molecule has 94 valence electrons. The van der Waals surface area contributed by atoms with Crippen LogP contribution in [0.4, 0.5) is 0 Å². The predicted molar refractivity (Wildman–Crippen MR) is 66.5 cm³/mol. The lowest BCUT2D eigenvalue weighted by molar-refractivity contribution is -0.138. The van der Waals surface area contributed by atoms with Crippen molar-refractivity contribution in [1.82, 2.24) is 0 Å². The van der Waals surface area contributed by atoms with E-state index in [4.69, 9.17) is 34.0 Å².